The van der Waals surface area contributed by atoms with Gasteiger partial charge in [-0.2, -0.15) is 0 Å². The van der Waals surface area contributed by atoms with Crippen LogP contribution in [0.15, 0.2) is 18.2 Å². The van der Waals surface area contributed by atoms with Crippen LogP contribution in [-0.4, -0.2) is 13.6 Å². The lowest BCUT2D eigenvalue weighted by Gasteiger charge is -2.32. The maximum absolute atomic E-state index is 3.34. The van der Waals surface area contributed by atoms with Gasteiger partial charge in [-0.3, -0.25) is 0 Å². The fourth-order valence-electron chi connectivity index (χ4n) is 3.72. The first kappa shape index (κ1) is 14.6. The molecule has 1 aromatic rings. The molecule has 0 bridgehead atoms. The molecule has 1 atom stereocenters. The summed E-state index contributed by atoms with van der Waals surface area (Å²) >= 11 is 0. The highest BCUT2D eigenvalue weighted by Gasteiger charge is 2.25. The van der Waals surface area contributed by atoms with Gasteiger partial charge >= 0.3 is 0 Å². The molecule has 1 aromatic carbocycles. The molecule has 0 aromatic heterocycles. The highest BCUT2D eigenvalue weighted by molar-refractivity contribution is 5.33. The largest absolute Gasteiger partial charge is 0.320 e. The summed E-state index contributed by atoms with van der Waals surface area (Å²) in [5, 5.41) is 3.34. The predicted molar refractivity (Wildman–Crippen MR) is 83.8 cm³/mol. The van der Waals surface area contributed by atoms with Crippen molar-refractivity contribution < 1.29 is 0 Å². The number of hydrogen-bond donors (Lipinski definition) is 1. The second-order valence-corrected chi connectivity index (χ2v) is 6.26. The second kappa shape index (κ2) is 7.09. The second-order valence-electron chi connectivity index (χ2n) is 6.26. The van der Waals surface area contributed by atoms with Crippen molar-refractivity contribution in [1.82, 2.24) is 5.32 Å². The molecule has 1 N–H and O–H groups in total. The van der Waals surface area contributed by atoms with E-state index in [0.717, 1.165) is 18.4 Å². The number of hydrogen-bond acceptors (Lipinski definition) is 1. The lowest BCUT2D eigenvalue weighted by molar-refractivity contribution is 0.292. The van der Waals surface area contributed by atoms with E-state index in [1.165, 1.54) is 49.7 Å². The Hall–Kier alpha value is -0.820. The highest BCUT2D eigenvalue weighted by atomic mass is 14.8. The normalized spacial score (nSPS) is 18.5. The third kappa shape index (κ3) is 3.82. The number of benzene rings is 1. The van der Waals surface area contributed by atoms with Gasteiger partial charge in [0.1, 0.15) is 0 Å². The minimum absolute atomic E-state index is 0.758. The molecule has 0 heterocycles. The Morgan fingerprint density at radius 3 is 2.53 bits per heavy atom. The SMILES string of the molecule is CNCCC(c1ccc(C)cc1C)C1CCCCC1. The van der Waals surface area contributed by atoms with Crippen molar-refractivity contribution in [2.24, 2.45) is 5.92 Å². The molecule has 0 aliphatic heterocycles. The van der Waals surface area contributed by atoms with Gasteiger partial charge in [0.05, 0.1) is 0 Å². The van der Waals surface area contributed by atoms with Gasteiger partial charge < -0.3 is 5.32 Å². The lowest BCUT2D eigenvalue weighted by atomic mass is 9.74. The summed E-state index contributed by atoms with van der Waals surface area (Å²) in [5.41, 5.74) is 4.48. The molecule has 1 aliphatic carbocycles. The molecule has 1 unspecified atom stereocenters. The molecule has 0 radical (unpaired) electrons. The molecule has 1 fully saturated rings. The van der Waals surface area contributed by atoms with Crippen LogP contribution in [0.25, 0.3) is 0 Å². The van der Waals surface area contributed by atoms with Gasteiger partial charge in [0.2, 0.25) is 0 Å². The van der Waals surface area contributed by atoms with Crippen molar-refractivity contribution in [1.29, 1.82) is 0 Å². The van der Waals surface area contributed by atoms with Crippen LogP contribution in [-0.2, 0) is 0 Å². The molecule has 19 heavy (non-hydrogen) atoms. The molecule has 0 spiro atoms. The maximum atomic E-state index is 3.34. The smallest absolute Gasteiger partial charge is 0.00460 e. The lowest BCUT2D eigenvalue weighted by Crippen LogP contribution is -2.21. The first-order valence-electron chi connectivity index (χ1n) is 7.94. The predicted octanol–water partition coefficient (Wildman–Crippen LogP) is 4.58. The van der Waals surface area contributed by atoms with E-state index in [2.05, 4.69) is 44.4 Å². The summed E-state index contributed by atoms with van der Waals surface area (Å²) in [7, 11) is 2.07. The van der Waals surface area contributed by atoms with E-state index >= 15 is 0 Å². The standard InChI is InChI=1S/C18H29N/c1-14-9-10-17(15(2)13-14)18(11-12-19-3)16-7-5-4-6-8-16/h9-10,13,16,18-19H,4-8,11-12H2,1-3H3. The molecule has 1 saturated carbocycles. The van der Waals surface area contributed by atoms with Gasteiger partial charge in [-0.1, -0.05) is 43.0 Å². The van der Waals surface area contributed by atoms with Crippen LogP contribution in [0, 0.1) is 19.8 Å². The zero-order chi connectivity index (χ0) is 13.7. The van der Waals surface area contributed by atoms with Gasteiger partial charge in [0, 0.05) is 0 Å². The van der Waals surface area contributed by atoms with Gasteiger partial charge in [-0.25, -0.2) is 0 Å². The van der Waals surface area contributed by atoms with Crippen LogP contribution in [0.4, 0.5) is 0 Å². The van der Waals surface area contributed by atoms with E-state index in [0.29, 0.717) is 0 Å². The van der Waals surface area contributed by atoms with E-state index in [1.807, 2.05) is 0 Å². The van der Waals surface area contributed by atoms with Crippen molar-refractivity contribution in [2.45, 2.75) is 58.3 Å². The topological polar surface area (TPSA) is 12.0 Å². The van der Waals surface area contributed by atoms with E-state index in [9.17, 15) is 0 Å². The molecular weight excluding hydrogens is 230 g/mol. The Labute approximate surface area is 118 Å². The van der Waals surface area contributed by atoms with Crippen LogP contribution in [0.1, 0.15) is 61.1 Å². The average molecular weight is 259 g/mol. The van der Waals surface area contributed by atoms with Crippen LogP contribution >= 0.6 is 0 Å². The van der Waals surface area contributed by atoms with Gasteiger partial charge in [0.25, 0.3) is 0 Å². The van der Waals surface area contributed by atoms with E-state index in [4.69, 9.17) is 0 Å². The summed E-state index contributed by atoms with van der Waals surface area (Å²) in [5.74, 6) is 1.66. The Morgan fingerprint density at radius 2 is 1.89 bits per heavy atom. The third-order valence-electron chi connectivity index (χ3n) is 4.75. The first-order chi connectivity index (χ1) is 9.22. The summed E-state index contributed by atoms with van der Waals surface area (Å²) in [6.07, 6.45) is 8.47. The number of nitrogens with one attached hydrogen (secondary N) is 1. The van der Waals surface area contributed by atoms with Gasteiger partial charge in [-0.05, 0) is 69.7 Å². The first-order valence-corrected chi connectivity index (χ1v) is 7.94. The van der Waals surface area contributed by atoms with Crippen molar-refractivity contribution in [3.63, 3.8) is 0 Å². The number of aryl methyl sites for hydroxylation is 2. The maximum Gasteiger partial charge on any atom is -0.00460 e. The van der Waals surface area contributed by atoms with Crippen molar-refractivity contribution in [2.75, 3.05) is 13.6 Å². The molecule has 0 saturated heterocycles. The van der Waals surface area contributed by atoms with Crippen LogP contribution < -0.4 is 5.32 Å². The van der Waals surface area contributed by atoms with E-state index in [-0.39, 0.29) is 0 Å². The summed E-state index contributed by atoms with van der Waals surface area (Å²) in [6, 6.07) is 7.03. The number of rotatable bonds is 5. The van der Waals surface area contributed by atoms with E-state index in [1.54, 1.807) is 5.56 Å². The molecular formula is C18H29N. The molecule has 1 heteroatoms. The minimum Gasteiger partial charge on any atom is -0.320 e. The van der Waals surface area contributed by atoms with Crippen LogP contribution in [0.5, 0.6) is 0 Å². The van der Waals surface area contributed by atoms with Crippen molar-refractivity contribution in [3.8, 4) is 0 Å². The fraction of sp³-hybridized carbons (Fsp3) is 0.667. The Bertz CT molecular complexity index is 391. The van der Waals surface area contributed by atoms with Crippen molar-refractivity contribution in [3.05, 3.63) is 34.9 Å². The third-order valence-corrected chi connectivity index (χ3v) is 4.75. The molecule has 1 aliphatic rings. The fourth-order valence-corrected chi connectivity index (χ4v) is 3.72. The summed E-state index contributed by atoms with van der Waals surface area (Å²) in [4.78, 5) is 0. The van der Waals surface area contributed by atoms with Gasteiger partial charge in [0.15, 0.2) is 0 Å². The Kier molecular flexibility index (Phi) is 5.45. The summed E-state index contributed by atoms with van der Waals surface area (Å²) in [6.45, 7) is 5.62. The van der Waals surface area contributed by atoms with Crippen LogP contribution in [0.3, 0.4) is 0 Å². The zero-order valence-electron chi connectivity index (χ0n) is 12.8. The van der Waals surface area contributed by atoms with Gasteiger partial charge in [-0.15, -0.1) is 0 Å². The quantitative estimate of drug-likeness (QED) is 0.816. The molecule has 2 rings (SSSR count). The Morgan fingerprint density at radius 1 is 1.16 bits per heavy atom. The monoisotopic (exact) mass is 259 g/mol. The van der Waals surface area contributed by atoms with E-state index < -0.39 is 0 Å². The Balaban J connectivity index is 2.19. The molecule has 1 nitrogen and oxygen atoms in total. The molecule has 106 valence electrons. The summed E-state index contributed by atoms with van der Waals surface area (Å²) < 4.78 is 0. The zero-order valence-corrected chi connectivity index (χ0v) is 12.8. The van der Waals surface area contributed by atoms with Crippen LogP contribution in [0.2, 0.25) is 0 Å². The average Bonchev–Trinajstić information content (AvgIpc) is 2.42. The highest BCUT2D eigenvalue weighted by Crippen LogP contribution is 2.39. The molecule has 0 amide bonds. The minimum atomic E-state index is 0.758. The van der Waals surface area contributed by atoms with Crippen molar-refractivity contribution >= 4 is 0 Å².